The van der Waals surface area contributed by atoms with E-state index in [1.807, 2.05) is 19.9 Å². The first-order valence-electron chi connectivity index (χ1n) is 8.35. The first-order valence-corrected chi connectivity index (χ1v) is 9.16. The molecule has 140 valence electrons. The number of para-hydroxylation sites is 1. The van der Waals surface area contributed by atoms with Crippen LogP contribution >= 0.6 is 11.8 Å². The normalized spacial score (nSPS) is 16.9. The van der Waals surface area contributed by atoms with Crippen molar-refractivity contribution >= 4 is 34.6 Å². The largest absolute Gasteiger partial charge is 0.493 e. The standard InChI is InChI=1S/C20H19FN2O3S/c1-12(2)26-16-9-8-13(10-17(16)25-3)11-18-19(24)23-20(27-18)22-15-7-5-4-6-14(15)21/h4-12H,1-3H3,(H,22,23,24)/b18-11-. The molecule has 0 bridgehead atoms. The van der Waals surface area contributed by atoms with Crippen LogP contribution in [0.3, 0.4) is 0 Å². The number of aliphatic imine (C=N–C) groups is 1. The molecule has 27 heavy (non-hydrogen) atoms. The summed E-state index contributed by atoms with van der Waals surface area (Å²) in [4.78, 5) is 16.8. The lowest BCUT2D eigenvalue weighted by atomic mass is 10.2. The van der Waals surface area contributed by atoms with E-state index in [4.69, 9.17) is 9.47 Å². The number of benzene rings is 2. The molecule has 0 atom stereocenters. The quantitative estimate of drug-likeness (QED) is 0.768. The lowest BCUT2D eigenvalue weighted by molar-refractivity contribution is -0.115. The Kier molecular flexibility index (Phi) is 5.81. The van der Waals surface area contributed by atoms with E-state index in [0.717, 1.165) is 17.3 Å². The molecule has 0 aromatic heterocycles. The van der Waals surface area contributed by atoms with E-state index in [9.17, 15) is 9.18 Å². The van der Waals surface area contributed by atoms with Crippen LogP contribution in [0.4, 0.5) is 10.1 Å². The third kappa shape index (κ3) is 4.68. The summed E-state index contributed by atoms with van der Waals surface area (Å²) in [5, 5.41) is 2.99. The number of nitrogens with zero attached hydrogens (tertiary/aromatic N) is 1. The second-order valence-electron chi connectivity index (χ2n) is 6.01. The molecule has 5 nitrogen and oxygen atoms in total. The highest BCUT2D eigenvalue weighted by Gasteiger charge is 2.24. The van der Waals surface area contributed by atoms with Crippen molar-refractivity contribution in [2.24, 2.45) is 4.99 Å². The maximum absolute atomic E-state index is 13.7. The minimum atomic E-state index is -0.442. The molecular weight excluding hydrogens is 367 g/mol. The zero-order valence-electron chi connectivity index (χ0n) is 15.2. The first kappa shape index (κ1) is 19.0. The number of hydrogen-bond donors (Lipinski definition) is 1. The predicted octanol–water partition coefficient (Wildman–Crippen LogP) is 4.51. The van der Waals surface area contributed by atoms with Gasteiger partial charge < -0.3 is 14.8 Å². The summed E-state index contributed by atoms with van der Waals surface area (Å²) < 4.78 is 24.8. The Balaban J connectivity index is 1.83. The van der Waals surface area contributed by atoms with E-state index < -0.39 is 5.82 Å². The third-order valence-corrected chi connectivity index (χ3v) is 4.48. The number of thioether (sulfide) groups is 1. The van der Waals surface area contributed by atoms with Gasteiger partial charge in [-0.15, -0.1) is 0 Å². The van der Waals surface area contributed by atoms with Gasteiger partial charge in [0, 0.05) is 0 Å². The van der Waals surface area contributed by atoms with Crippen LogP contribution in [0.1, 0.15) is 19.4 Å². The number of rotatable bonds is 5. The molecule has 0 unspecified atom stereocenters. The van der Waals surface area contributed by atoms with Crippen LogP contribution in [-0.2, 0) is 4.79 Å². The minimum absolute atomic E-state index is 0.0245. The first-order chi connectivity index (χ1) is 13.0. The lowest BCUT2D eigenvalue weighted by Gasteiger charge is -2.13. The van der Waals surface area contributed by atoms with Crippen molar-refractivity contribution in [3.8, 4) is 11.5 Å². The van der Waals surface area contributed by atoms with Gasteiger partial charge in [-0.25, -0.2) is 9.38 Å². The molecule has 1 aliphatic heterocycles. The monoisotopic (exact) mass is 386 g/mol. The Morgan fingerprint density at radius 3 is 2.67 bits per heavy atom. The van der Waals surface area contributed by atoms with Gasteiger partial charge in [0.15, 0.2) is 16.7 Å². The molecule has 1 fully saturated rings. The fourth-order valence-electron chi connectivity index (χ4n) is 2.41. The van der Waals surface area contributed by atoms with Crippen LogP contribution in [-0.4, -0.2) is 24.3 Å². The number of nitrogens with one attached hydrogen (secondary N) is 1. The average molecular weight is 386 g/mol. The van der Waals surface area contributed by atoms with Crippen LogP contribution in [0.25, 0.3) is 6.08 Å². The summed E-state index contributed by atoms with van der Waals surface area (Å²) in [6.07, 6.45) is 1.75. The molecule has 0 spiro atoms. The molecule has 7 heteroatoms. The fraction of sp³-hybridized carbons (Fsp3) is 0.200. The van der Waals surface area contributed by atoms with Gasteiger partial charge in [-0.3, -0.25) is 4.79 Å². The van der Waals surface area contributed by atoms with Gasteiger partial charge in [0.05, 0.1) is 18.1 Å². The van der Waals surface area contributed by atoms with Crippen molar-refractivity contribution in [3.63, 3.8) is 0 Å². The van der Waals surface area contributed by atoms with Gasteiger partial charge in [0.25, 0.3) is 5.91 Å². The molecule has 0 aliphatic carbocycles. The van der Waals surface area contributed by atoms with Crippen molar-refractivity contribution in [1.82, 2.24) is 5.32 Å². The number of amides is 1. The topological polar surface area (TPSA) is 59.9 Å². The second-order valence-corrected chi connectivity index (χ2v) is 7.04. The summed E-state index contributed by atoms with van der Waals surface area (Å²) in [7, 11) is 1.57. The molecular formula is C20H19FN2O3S. The predicted molar refractivity (Wildman–Crippen MR) is 106 cm³/mol. The highest BCUT2D eigenvalue weighted by molar-refractivity contribution is 8.18. The van der Waals surface area contributed by atoms with Crippen molar-refractivity contribution in [1.29, 1.82) is 0 Å². The smallest absolute Gasteiger partial charge is 0.264 e. The van der Waals surface area contributed by atoms with E-state index in [1.54, 1.807) is 43.5 Å². The number of carbonyl (C=O) groups excluding carboxylic acids is 1. The van der Waals surface area contributed by atoms with Crippen molar-refractivity contribution in [3.05, 3.63) is 58.8 Å². The molecule has 3 rings (SSSR count). The lowest BCUT2D eigenvalue weighted by Crippen LogP contribution is -2.19. The van der Waals surface area contributed by atoms with Crippen molar-refractivity contribution in [2.75, 3.05) is 7.11 Å². The van der Waals surface area contributed by atoms with E-state index in [1.165, 1.54) is 6.07 Å². The van der Waals surface area contributed by atoms with Gasteiger partial charge in [-0.2, -0.15) is 0 Å². The maximum atomic E-state index is 13.7. The Morgan fingerprint density at radius 1 is 1.19 bits per heavy atom. The van der Waals surface area contributed by atoms with Gasteiger partial charge in [-0.1, -0.05) is 18.2 Å². The number of ether oxygens (including phenoxy) is 2. The minimum Gasteiger partial charge on any atom is -0.493 e. The molecule has 2 aromatic rings. The molecule has 1 heterocycles. The van der Waals surface area contributed by atoms with E-state index >= 15 is 0 Å². The third-order valence-electron chi connectivity index (χ3n) is 3.57. The molecule has 1 saturated heterocycles. The Hall–Kier alpha value is -2.80. The molecule has 0 saturated carbocycles. The summed E-state index contributed by atoms with van der Waals surface area (Å²) in [5.41, 5.74) is 0.964. The summed E-state index contributed by atoms with van der Waals surface area (Å²) in [5.74, 6) is 0.501. The van der Waals surface area contributed by atoms with Crippen LogP contribution < -0.4 is 14.8 Å². The zero-order valence-corrected chi connectivity index (χ0v) is 16.0. The molecule has 2 aromatic carbocycles. The number of hydrogen-bond acceptors (Lipinski definition) is 5. The fourth-order valence-corrected chi connectivity index (χ4v) is 3.24. The summed E-state index contributed by atoms with van der Waals surface area (Å²) in [6, 6.07) is 11.6. The summed E-state index contributed by atoms with van der Waals surface area (Å²) in [6.45, 7) is 3.87. The van der Waals surface area contributed by atoms with Gasteiger partial charge >= 0.3 is 0 Å². The molecule has 0 radical (unpaired) electrons. The number of amidine groups is 1. The summed E-state index contributed by atoms with van der Waals surface area (Å²) >= 11 is 1.16. The SMILES string of the molecule is COc1cc(/C=C2\SC(=Nc3ccccc3F)NC2=O)ccc1OC(C)C. The average Bonchev–Trinajstić information content (AvgIpc) is 2.97. The number of carbonyl (C=O) groups is 1. The maximum Gasteiger partial charge on any atom is 0.264 e. The zero-order chi connectivity index (χ0) is 19.4. The molecule has 1 N–H and O–H groups in total. The van der Waals surface area contributed by atoms with Crippen molar-refractivity contribution < 1.29 is 18.7 Å². The van der Waals surface area contributed by atoms with E-state index in [2.05, 4.69) is 10.3 Å². The Morgan fingerprint density at radius 2 is 1.96 bits per heavy atom. The molecule has 1 aliphatic rings. The van der Waals surface area contributed by atoms with Crippen LogP contribution in [0.15, 0.2) is 52.4 Å². The van der Waals surface area contributed by atoms with Gasteiger partial charge in [-0.05, 0) is 61.5 Å². The Labute approximate surface area is 161 Å². The van der Waals surface area contributed by atoms with Crippen molar-refractivity contribution in [2.45, 2.75) is 20.0 Å². The second kappa shape index (κ2) is 8.26. The van der Waals surface area contributed by atoms with E-state index in [0.29, 0.717) is 21.6 Å². The van der Waals surface area contributed by atoms with Gasteiger partial charge in [0.1, 0.15) is 11.5 Å². The van der Waals surface area contributed by atoms with E-state index in [-0.39, 0.29) is 17.7 Å². The van der Waals surface area contributed by atoms with Gasteiger partial charge in [0.2, 0.25) is 0 Å². The van der Waals surface area contributed by atoms with Crippen LogP contribution in [0, 0.1) is 5.82 Å². The number of methoxy groups -OCH3 is 1. The Bertz CT molecular complexity index is 925. The highest BCUT2D eigenvalue weighted by atomic mass is 32.2. The molecule has 1 amide bonds. The van der Waals surface area contributed by atoms with Crippen LogP contribution in [0.2, 0.25) is 0 Å². The van der Waals surface area contributed by atoms with Crippen LogP contribution in [0.5, 0.6) is 11.5 Å². The number of halogens is 1. The highest BCUT2D eigenvalue weighted by Crippen LogP contribution is 2.32.